The number of rotatable bonds is 2. The van der Waals surface area contributed by atoms with Crippen LogP contribution in [0.1, 0.15) is 11.1 Å². The van der Waals surface area contributed by atoms with Crippen molar-refractivity contribution in [2.45, 2.75) is 13.1 Å². The molecule has 0 unspecified atom stereocenters. The van der Waals surface area contributed by atoms with Crippen molar-refractivity contribution < 1.29 is 22.8 Å². The maximum absolute atomic E-state index is 12.7. The van der Waals surface area contributed by atoms with Crippen molar-refractivity contribution in [2.24, 2.45) is 0 Å². The van der Waals surface area contributed by atoms with Crippen molar-refractivity contribution >= 4 is 46.4 Å². The highest BCUT2D eigenvalue weighted by Crippen LogP contribution is 2.33. The van der Waals surface area contributed by atoms with Gasteiger partial charge in [-0.1, -0.05) is 29.3 Å². The summed E-state index contributed by atoms with van der Waals surface area (Å²) in [6, 6.07) is 7.12. The van der Waals surface area contributed by atoms with Crippen LogP contribution in [0.2, 0.25) is 10.0 Å². The number of carbonyl (C=O) groups is 2. The Bertz CT molecular complexity index is 839. The topological polar surface area (TPSA) is 58.2 Å². The number of halogens is 5. The highest BCUT2D eigenvalue weighted by atomic mass is 35.5. The van der Waals surface area contributed by atoms with Gasteiger partial charge in [-0.05, 0) is 42.8 Å². The Morgan fingerprint density at radius 1 is 0.920 bits per heavy atom. The summed E-state index contributed by atoms with van der Waals surface area (Å²) in [7, 11) is 0. The Labute approximate surface area is 150 Å². The van der Waals surface area contributed by atoms with Gasteiger partial charge in [0.05, 0.1) is 16.3 Å². The van der Waals surface area contributed by atoms with Gasteiger partial charge in [-0.25, -0.2) is 0 Å². The van der Waals surface area contributed by atoms with Gasteiger partial charge in [-0.2, -0.15) is 13.2 Å². The maximum Gasteiger partial charge on any atom is 0.416 e. The van der Waals surface area contributed by atoms with Gasteiger partial charge in [0, 0.05) is 10.7 Å². The zero-order valence-electron chi connectivity index (χ0n) is 12.7. The zero-order valence-corrected chi connectivity index (χ0v) is 14.2. The lowest BCUT2D eigenvalue weighted by Crippen LogP contribution is -2.29. The van der Waals surface area contributed by atoms with Crippen LogP contribution in [0.5, 0.6) is 0 Å². The Morgan fingerprint density at radius 3 is 2.12 bits per heavy atom. The molecule has 2 aromatic rings. The second-order valence-electron chi connectivity index (χ2n) is 5.01. The molecule has 132 valence electrons. The van der Waals surface area contributed by atoms with Gasteiger partial charge in [0.2, 0.25) is 0 Å². The molecule has 0 bridgehead atoms. The number of alkyl halides is 3. The van der Waals surface area contributed by atoms with E-state index in [1.807, 2.05) is 0 Å². The molecule has 4 nitrogen and oxygen atoms in total. The first-order valence-corrected chi connectivity index (χ1v) is 7.59. The summed E-state index contributed by atoms with van der Waals surface area (Å²) in [5.41, 5.74) is -0.469. The lowest BCUT2D eigenvalue weighted by atomic mass is 10.2. The van der Waals surface area contributed by atoms with Crippen molar-refractivity contribution in [1.82, 2.24) is 0 Å². The molecule has 0 saturated heterocycles. The molecule has 2 rings (SSSR count). The molecule has 2 aromatic carbocycles. The fraction of sp³-hybridized carbons (Fsp3) is 0.125. The highest BCUT2D eigenvalue weighted by Gasteiger charge is 2.31. The lowest BCUT2D eigenvalue weighted by molar-refractivity contribution is -0.137. The zero-order chi connectivity index (χ0) is 18.8. The van der Waals surface area contributed by atoms with E-state index >= 15 is 0 Å². The average Bonchev–Trinajstić information content (AvgIpc) is 2.52. The minimum Gasteiger partial charge on any atom is -0.317 e. The van der Waals surface area contributed by atoms with Gasteiger partial charge in [-0.3, -0.25) is 9.59 Å². The van der Waals surface area contributed by atoms with E-state index in [9.17, 15) is 22.8 Å². The largest absolute Gasteiger partial charge is 0.416 e. The summed E-state index contributed by atoms with van der Waals surface area (Å²) in [5.74, 6) is -2.24. The number of amides is 2. The molecule has 0 atom stereocenters. The molecule has 0 aliphatic carbocycles. The van der Waals surface area contributed by atoms with Crippen molar-refractivity contribution in [3.63, 3.8) is 0 Å². The number of nitrogens with one attached hydrogen (secondary N) is 2. The van der Waals surface area contributed by atoms with Crippen LogP contribution < -0.4 is 10.6 Å². The fourth-order valence-electron chi connectivity index (χ4n) is 1.90. The van der Waals surface area contributed by atoms with Gasteiger partial charge in [0.15, 0.2) is 0 Å². The first-order valence-electron chi connectivity index (χ1n) is 6.84. The van der Waals surface area contributed by atoms with E-state index in [0.717, 1.165) is 12.1 Å². The first kappa shape index (κ1) is 19.1. The Kier molecular flexibility index (Phi) is 5.59. The third-order valence-electron chi connectivity index (χ3n) is 3.26. The molecule has 0 spiro atoms. The molecule has 0 aliphatic rings. The number of carbonyl (C=O) groups excluding carboxylic acids is 2. The smallest absolute Gasteiger partial charge is 0.317 e. The van der Waals surface area contributed by atoms with Crippen LogP contribution in [-0.4, -0.2) is 11.8 Å². The van der Waals surface area contributed by atoms with E-state index in [1.165, 1.54) is 6.07 Å². The molecule has 0 aromatic heterocycles. The quantitative estimate of drug-likeness (QED) is 0.716. The van der Waals surface area contributed by atoms with Crippen molar-refractivity contribution in [2.75, 3.05) is 10.6 Å². The monoisotopic (exact) mass is 390 g/mol. The van der Waals surface area contributed by atoms with Crippen molar-refractivity contribution in [3.8, 4) is 0 Å². The molecule has 0 radical (unpaired) electrons. The summed E-state index contributed by atoms with van der Waals surface area (Å²) >= 11 is 11.7. The third-order valence-corrected chi connectivity index (χ3v) is 4.00. The molecule has 2 N–H and O–H groups in total. The van der Waals surface area contributed by atoms with Crippen LogP contribution in [0.15, 0.2) is 36.4 Å². The Balaban J connectivity index is 2.16. The molecule has 2 amide bonds. The SMILES string of the molecule is Cc1c(Cl)cccc1NC(=O)C(=O)Nc1cc(C(F)(F)F)ccc1Cl. The maximum atomic E-state index is 12.7. The Morgan fingerprint density at radius 2 is 1.52 bits per heavy atom. The van der Waals surface area contributed by atoms with Crippen molar-refractivity contribution in [1.29, 1.82) is 0 Å². The molecule has 0 heterocycles. The van der Waals surface area contributed by atoms with E-state index < -0.39 is 23.6 Å². The van der Waals surface area contributed by atoms with Crippen LogP contribution >= 0.6 is 23.2 Å². The molecule has 9 heteroatoms. The van der Waals surface area contributed by atoms with E-state index in [2.05, 4.69) is 10.6 Å². The van der Waals surface area contributed by atoms with E-state index in [-0.39, 0.29) is 10.7 Å². The average molecular weight is 391 g/mol. The lowest BCUT2D eigenvalue weighted by Gasteiger charge is -2.12. The normalized spacial score (nSPS) is 11.1. The predicted octanol–water partition coefficient (Wildman–Crippen LogP) is 4.90. The summed E-state index contributed by atoms with van der Waals surface area (Å²) < 4.78 is 38.2. The summed E-state index contributed by atoms with van der Waals surface area (Å²) in [4.78, 5) is 23.9. The first-order chi connectivity index (χ1) is 11.6. The standard InChI is InChI=1S/C16H11Cl2F3N2O2/c1-8-10(17)3-2-4-12(8)22-14(24)15(25)23-13-7-9(16(19,20)21)5-6-11(13)18/h2-7H,1H3,(H,22,24)(H,23,25). The van der Waals surface area contributed by atoms with Crippen LogP contribution in [0, 0.1) is 6.92 Å². The summed E-state index contributed by atoms with van der Waals surface area (Å²) in [6.45, 7) is 1.64. The number of hydrogen-bond acceptors (Lipinski definition) is 2. The Hall–Kier alpha value is -2.25. The second kappa shape index (κ2) is 7.33. The van der Waals surface area contributed by atoms with E-state index in [1.54, 1.807) is 19.1 Å². The molecule has 25 heavy (non-hydrogen) atoms. The molecule has 0 fully saturated rings. The number of benzene rings is 2. The number of hydrogen-bond donors (Lipinski definition) is 2. The van der Waals surface area contributed by atoms with Gasteiger partial charge in [0.25, 0.3) is 0 Å². The van der Waals surface area contributed by atoms with Gasteiger partial charge >= 0.3 is 18.0 Å². The minimum absolute atomic E-state index is 0.131. The fourth-order valence-corrected chi connectivity index (χ4v) is 2.24. The van der Waals surface area contributed by atoms with E-state index in [0.29, 0.717) is 22.3 Å². The minimum atomic E-state index is -4.61. The molecule has 0 aliphatic heterocycles. The van der Waals surface area contributed by atoms with Gasteiger partial charge < -0.3 is 10.6 Å². The van der Waals surface area contributed by atoms with Crippen molar-refractivity contribution in [3.05, 3.63) is 57.6 Å². The van der Waals surface area contributed by atoms with Gasteiger partial charge in [0.1, 0.15) is 0 Å². The summed E-state index contributed by atoms with van der Waals surface area (Å²) in [5, 5.41) is 4.65. The third kappa shape index (κ3) is 4.64. The molecular formula is C16H11Cl2F3N2O2. The molecule has 0 saturated carbocycles. The predicted molar refractivity (Wildman–Crippen MR) is 89.9 cm³/mol. The van der Waals surface area contributed by atoms with E-state index in [4.69, 9.17) is 23.2 Å². The van der Waals surface area contributed by atoms with Crippen LogP contribution in [-0.2, 0) is 15.8 Å². The van der Waals surface area contributed by atoms with Gasteiger partial charge in [-0.15, -0.1) is 0 Å². The van der Waals surface area contributed by atoms with Crippen LogP contribution in [0.25, 0.3) is 0 Å². The van der Waals surface area contributed by atoms with Crippen LogP contribution in [0.4, 0.5) is 24.5 Å². The summed E-state index contributed by atoms with van der Waals surface area (Å²) in [6.07, 6.45) is -4.61. The molecular weight excluding hydrogens is 380 g/mol. The second-order valence-corrected chi connectivity index (χ2v) is 5.83. The number of anilines is 2. The highest BCUT2D eigenvalue weighted by molar-refractivity contribution is 6.45. The van der Waals surface area contributed by atoms with Crippen LogP contribution in [0.3, 0.4) is 0 Å².